The van der Waals surface area contributed by atoms with Crippen LogP contribution >= 0.6 is 0 Å². The fraction of sp³-hybridized carbons (Fsp3) is 0.368. The van der Waals surface area contributed by atoms with E-state index >= 15 is 0 Å². The fourth-order valence-corrected chi connectivity index (χ4v) is 2.96. The zero-order valence-electron chi connectivity index (χ0n) is 14.0. The minimum absolute atomic E-state index is 0.0345. The van der Waals surface area contributed by atoms with Gasteiger partial charge in [0.15, 0.2) is 11.5 Å². The van der Waals surface area contributed by atoms with Gasteiger partial charge in [-0.15, -0.1) is 0 Å². The van der Waals surface area contributed by atoms with E-state index in [0.717, 1.165) is 29.2 Å². The Morgan fingerprint density at radius 3 is 2.46 bits per heavy atom. The standard InChI is InChI=1S/C19H22O5/c1-3-15(13-4-6-14(21-2)7-5-13)16-10-18-19(24-12-23-18)11-17(16)22-9-8-20/h4-7,10-11,15,20H,3,8-9,12H2,1-2H3/t15-/m1/s1. The normalized spacial score (nSPS) is 13.6. The number of rotatable bonds is 7. The summed E-state index contributed by atoms with van der Waals surface area (Å²) in [6.07, 6.45) is 0.904. The van der Waals surface area contributed by atoms with Crippen molar-refractivity contribution in [3.05, 3.63) is 47.5 Å². The van der Waals surface area contributed by atoms with E-state index in [0.29, 0.717) is 5.75 Å². The van der Waals surface area contributed by atoms with E-state index in [4.69, 9.17) is 24.1 Å². The minimum atomic E-state index is -0.0345. The summed E-state index contributed by atoms with van der Waals surface area (Å²) in [5.74, 6) is 3.11. The molecule has 0 aromatic heterocycles. The van der Waals surface area contributed by atoms with Gasteiger partial charge in [0.25, 0.3) is 0 Å². The molecule has 1 heterocycles. The summed E-state index contributed by atoms with van der Waals surface area (Å²) < 4.78 is 21.9. The molecule has 0 radical (unpaired) electrons. The van der Waals surface area contributed by atoms with Crippen LogP contribution in [-0.4, -0.2) is 32.2 Å². The van der Waals surface area contributed by atoms with Crippen LogP contribution in [0.25, 0.3) is 0 Å². The molecule has 0 unspecified atom stereocenters. The van der Waals surface area contributed by atoms with Crippen LogP contribution in [0.4, 0.5) is 0 Å². The van der Waals surface area contributed by atoms with Gasteiger partial charge in [0.2, 0.25) is 6.79 Å². The van der Waals surface area contributed by atoms with E-state index in [1.54, 1.807) is 7.11 Å². The highest BCUT2D eigenvalue weighted by Crippen LogP contribution is 2.43. The van der Waals surface area contributed by atoms with Crippen molar-refractivity contribution in [3.8, 4) is 23.0 Å². The predicted molar refractivity (Wildman–Crippen MR) is 90.3 cm³/mol. The molecule has 128 valence electrons. The molecular formula is C19H22O5. The van der Waals surface area contributed by atoms with Gasteiger partial charge in [-0.1, -0.05) is 19.1 Å². The third-order valence-electron chi connectivity index (χ3n) is 4.16. The topological polar surface area (TPSA) is 57.2 Å². The SMILES string of the molecule is CC[C@H](c1ccc(OC)cc1)c1cc2c(cc1OCCO)OCO2. The van der Waals surface area contributed by atoms with Gasteiger partial charge in [-0.05, 0) is 30.2 Å². The second kappa shape index (κ2) is 7.45. The van der Waals surface area contributed by atoms with Crippen molar-refractivity contribution in [2.24, 2.45) is 0 Å². The highest BCUT2D eigenvalue weighted by molar-refractivity contribution is 5.55. The maximum absolute atomic E-state index is 9.09. The van der Waals surface area contributed by atoms with Gasteiger partial charge < -0.3 is 24.1 Å². The van der Waals surface area contributed by atoms with Crippen molar-refractivity contribution in [3.63, 3.8) is 0 Å². The number of hydrogen-bond acceptors (Lipinski definition) is 5. The molecule has 2 aromatic carbocycles. The van der Waals surface area contributed by atoms with E-state index in [1.165, 1.54) is 5.56 Å². The maximum atomic E-state index is 9.09. The average molecular weight is 330 g/mol. The summed E-state index contributed by atoms with van der Waals surface area (Å²) >= 11 is 0. The molecule has 0 amide bonds. The number of benzene rings is 2. The van der Waals surface area contributed by atoms with Gasteiger partial charge >= 0.3 is 0 Å². The van der Waals surface area contributed by atoms with E-state index in [2.05, 4.69) is 19.1 Å². The van der Waals surface area contributed by atoms with Crippen LogP contribution in [0.2, 0.25) is 0 Å². The quantitative estimate of drug-likeness (QED) is 0.844. The monoisotopic (exact) mass is 330 g/mol. The lowest BCUT2D eigenvalue weighted by Gasteiger charge is -2.20. The summed E-state index contributed by atoms with van der Waals surface area (Å²) in [5, 5.41) is 9.09. The van der Waals surface area contributed by atoms with Crippen LogP contribution in [0, 0.1) is 0 Å². The molecule has 1 atom stereocenters. The summed E-state index contributed by atoms with van der Waals surface area (Å²) in [4.78, 5) is 0. The third kappa shape index (κ3) is 3.26. The first-order chi connectivity index (χ1) is 11.8. The molecule has 0 aliphatic carbocycles. The lowest BCUT2D eigenvalue weighted by Crippen LogP contribution is -2.07. The Morgan fingerprint density at radius 1 is 1.12 bits per heavy atom. The van der Waals surface area contributed by atoms with E-state index in [1.807, 2.05) is 24.3 Å². The van der Waals surface area contributed by atoms with Gasteiger partial charge in [-0.2, -0.15) is 0 Å². The molecule has 5 nitrogen and oxygen atoms in total. The van der Waals surface area contributed by atoms with Gasteiger partial charge in [-0.3, -0.25) is 0 Å². The van der Waals surface area contributed by atoms with Crippen molar-refractivity contribution in [2.75, 3.05) is 27.1 Å². The van der Waals surface area contributed by atoms with Crippen molar-refractivity contribution in [1.29, 1.82) is 0 Å². The molecule has 1 aliphatic heterocycles. The number of methoxy groups -OCH3 is 1. The fourth-order valence-electron chi connectivity index (χ4n) is 2.96. The number of aliphatic hydroxyl groups is 1. The number of aliphatic hydroxyl groups excluding tert-OH is 1. The Morgan fingerprint density at radius 2 is 1.83 bits per heavy atom. The van der Waals surface area contributed by atoms with Crippen LogP contribution in [-0.2, 0) is 0 Å². The number of hydrogen-bond donors (Lipinski definition) is 1. The average Bonchev–Trinajstić information content (AvgIpc) is 3.08. The zero-order chi connectivity index (χ0) is 16.9. The Labute approximate surface area is 141 Å². The van der Waals surface area contributed by atoms with Gasteiger partial charge in [0.1, 0.15) is 18.1 Å². The Bertz CT molecular complexity index is 681. The number of ether oxygens (including phenoxy) is 4. The van der Waals surface area contributed by atoms with E-state index in [-0.39, 0.29) is 25.9 Å². The molecule has 0 saturated heterocycles. The molecule has 0 saturated carbocycles. The first kappa shape index (κ1) is 16.5. The van der Waals surface area contributed by atoms with Crippen LogP contribution in [0.5, 0.6) is 23.0 Å². The predicted octanol–water partition coefficient (Wildman–Crippen LogP) is 3.34. The van der Waals surface area contributed by atoms with Crippen LogP contribution in [0.3, 0.4) is 0 Å². The van der Waals surface area contributed by atoms with Crippen LogP contribution in [0.15, 0.2) is 36.4 Å². The number of fused-ring (bicyclic) bond motifs is 1. The Kier molecular flexibility index (Phi) is 5.11. The maximum Gasteiger partial charge on any atom is 0.231 e. The lowest BCUT2D eigenvalue weighted by molar-refractivity contribution is 0.173. The molecule has 5 heteroatoms. The third-order valence-corrected chi connectivity index (χ3v) is 4.16. The van der Waals surface area contributed by atoms with Crippen molar-refractivity contribution < 1.29 is 24.1 Å². The summed E-state index contributed by atoms with van der Waals surface area (Å²) in [5.41, 5.74) is 2.20. The molecule has 24 heavy (non-hydrogen) atoms. The smallest absolute Gasteiger partial charge is 0.231 e. The Balaban J connectivity index is 1.99. The van der Waals surface area contributed by atoms with Crippen molar-refractivity contribution in [1.82, 2.24) is 0 Å². The molecule has 3 rings (SSSR count). The molecule has 1 N–H and O–H groups in total. The molecule has 2 aromatic rings. The van der Waals surface area contributed by atoms with E-state index < -0.39 is 0 Å². The molecule has 0 fully saturated rings. The molecule has 0 bridgehead atoms. The van der Waals surface area contributed by atoms with Crippen molar-refractivity contribution >= 4 is 0 Å². The Hall–Kier alpha value is -2.40. The highest BCUT2D eigenvalue weighted by Gasteiger charge is 2.23. The highest BCUT2D eigenvalue weighted by atomic mass is 16.7. The summed E-state index contributed by atoms with van der Waals surface area (Å²) in [7, 11) is 1.66. The van der Waals surface area contributed by atoms with E-state index in [9.17, 15) is 0 Å². The molecule has 0 spiro atoms. The van der Waals surface area contributed by atoms with Crippen LogP contribution in [0.1, 0.15) is 30.4 Å². The van der Waals surface area contributed by atoms with Gasteiger partial charge in [0, 0.05) is 17.5 Å². The second-order valence-corrected chi connectivity index (χ2v) is 5.55. The summed E-state index contributed by atoms with van der Waals surface area (Å²) in [6.45, 7) is 2.56. The minimum Gasteiger partial charge on any atom is -0.497 e. The first-order valence-electron chi connectivity index (χ1n) is 8.08. The van der Waals surface area contributed by atoms with Gasteiger partial charge in [-0.25, -0.2) is 0 Å². The van der Waals surface area contributed by atoms with Crippen LogP contribution < -0.4 is 18.9 Å². The zero-order valence-corrected chi connectivity index (χ0v) is 14.0. The second-order valence-electron chi connectivity index (χ2n) is 5.55. The largest absolute Gasteiger partial charge is 0.497 e. The van der Waals surface area contributed by atoms with Gasteiger partial charge in [0.05, 0.1) is 13.7 Å². The molecule has 1 aliphatic rings. The van der Waals surface area contributed by atoms with Crippen molar-refractivity contribution in [2.45, 2.75) is 19.3 Å². The first-order valence-corrected chi connectivity index (χ1v) is 8.08. The molecular weight excluding hydrogens is 308 g/mol. The lowest BCUT2D eigenvalue weighted by atomic mass is 9.88. The summed E-state index contributed by atoms with van der Waals surface area (Å²) in [6, 6.07) is 11.9.